The minimum Gasteiger partial charge on any atom is -0.348 e. The van der Waals surface area contributed by atoms with Crippen molar-refractivity contribution < 1.29 is 18.8 Å². The van der Waals surface area contributed by atoms with E-state index in [4.69, 9.17) is 0 Å². The number of urea groups is 1. The van der Waals surface area contributed by atoms with Crippen LogP contribution in [0.25, 0.3) is 5.82 Å². The van der Waals surface area contributed by atoms with Gasteiger partial charge in [0.25, 0.3) is 11.8 Å². The molecule has 2 aliphatic rings. The Morgan fingerprint density at radius 2 is 2.23 bits per heavy atom. The molecule has 134 valence electrons. The van der Waals surface area contributed by atoms with Crippen LogP contribution in [-0.2, 0) is 4.79 Å². The van der Waals surface area contributed by atoms with E-state index in [-0.39, 0.29) is 24.0 Å². The fourth-order valence-electron chi connectivity index (χ4n) is 2.94. The Hall–Kier alpha value is -3.37. The Labute approximate surface area is 146 Å². The van der Waals surface area contributed by atoms with Gasteiger partial charge in [-0.25, -0.2) is 14.2 Å². The van der Waals surface area contributed by atoms with Gasteiger partial charge in [-0.1, -0.05) is 0 Å². The number of hydrogen-bond donors (Lipinski definition) is 3. The van der Waals surface area contributed by atoms with Gasteiger partial charge < -0.3 is 10.6 Å². The molecule has 11 heteroatoms. The third-order valence-electron chi connectivity index (χ3n) is 4.42. The summed E-state index contributed by atoms with van der Waals surface area (Å²) < 4.78 is 13.7. The molecule has 3 N–H and O–H groups in total. The number of carbonyl (C=O) groups is 3. The number of pyridine rings is 1. The predicted octanol–water partition coefficient (Wildman–Crippen LogP) is -0.481. The second kappa shape index (κ2) is 5.86. The van der Waals surface area contributed by atoms with Crippen LogP contribution < -0.4 is 16.0 Å². The zero-order valence-electron chi connectivity index (χ0n) is 13.4. The highest BCUT2D eigenvalue weighted by Crippen LogP contribution is 2.41. The van der Waals surface area contributed by atoms with E-state index >= 15 is 0 Å². The minimum atomic E-state index is -1.14. The number of carbonyl (C=O) groups excluding carboxylic acids is 3. The van der Waals surface area contributed by atoms with E-state index in [1.165, 1.54) is 24.5 Å². The van der Waals surface area contributed by atoms with Crippen molar-refractivity contribution in [1.82, 2.24) is 35.9 Å². The number of rotatable bonds is 5. The monoisotopic (exact) mass is 359 g/mol. The van der Waals surface area contributed by atoms with Gasteiger partial charge in [0.2, 0.25) is 5.82 Å². The lowest BCUT2D eigenvalue weighted by Gasteiger charge is -2.25. The normalized spacial score (nSPS) is 22.0. The van der Waals surface area contributed by atoms with E-state index in [1.54, 1.807) is 0 Å². The van der Waals surface area contributed by atoms with Crippen LogP contribution in [0.5, 0.6) is 0 Å². The number of aromatic nitrogens is 4. The third kappa shape index (κ3) is 2.66. The lowest BCUT2D eigenvalue weighted by molar-refractivity contribution is -0.124. The molecule has 1 atom stereocenters. The summed E-state index contributed by atoms with van der Waals surface area (Å²) >= 11 is 0. The van der Waals surface area contributed by atoms with E-state index < -0.39 is 29.2 Å². The number of halogens is 1. The van der Waals surface area contributed by atoms with Crippen molar-refractivity contribution in [2.24, 2.45) is 5.92 Å². The summed E-state index contributed by atoms with van der Waals surface area (Å²) in [6, 6.07) is 2.05. The molecule has 2 aromatic heterocycles. The molecule has 26 heavy (non-hydrogen) atoms. The summed E-state index contributed by atoms with van der Waals surface area (Å²) in [7, 11) is 0. The van der Waals surface area contributed by atoms with E-state index in [0.29, 0.717) is 0 Å². The van der Waals surface area contributed by atoms with Crippen LogP contribution in [0.15, 0.2) is 24.5 Å². The molecule has 0 spiro atoms. The molecule has 3 heterocycles. The maximum absolute atomic E-state index is 13.7. The van der Waals surface area contributed by atoms with Crippen LogP contribution >= 0.6 is 0 Å². The van der Waals surface area contributed by atoms with Crippen molar-refractivity contribution in [2.45, 2.75) is 18.4 Å². The Bertz CT molecular complexity index is 910. The molecule has 1 saturated carbocycles. The van der Waals surface area contributed by atoms with Crippen molar-refractivity contribution in [3.05, 3.63) is 36.0 Å². The van der Waals surface area contributed by atoms with Crippen molar-refractivity contribution in [3.63, 3.8) is 0 Å². The molecule has 0 radical (unpaired) electrons. The van der Waals surface area contributed by atoms with Crippen molar-refractivity contribution in [3.8, 4) is 5.82 Å². The Balaban J connectivity index is 1.48. The summed E-state index contributed by atoms with van der Waals surface area (Å²) in [6.07, 6.45) is 4.13. The molecule has 1 saturated heterocycles. The van der Waals surface area contributed by atoms with Gasteiger partial charge in [-0.15, -0.1) is 9.90 Å². The fourth-order valence-corrected chi connectivity index (χ4v) is 2.94. The number of hydrogen-bond acceptors (Lipinski definition) is 6. The molecule has 4 rings (SSSR count). The van der Waals surface area contributed by atoms with Crippen molar-refractivity contribution >= 4 is 17.8 Å². The molecular weight excluding hydrogens is 345 g/mol. The molecule has 0 aromatic carbocycles. The third-order valence-corrected chi connectivity index (χ3v) is 4.42. The zero-order chi connectivity index (χ0) is 18.3. The van der Waals surface area contributed by atoms with Crippen LogP contribution in [-0.4, -0.2) is 49.9 Å². The first-order valence-electron chi connectivity index (χ1n) is 7.94. The topological polar surface area (TPSA) is 131 Å². The molecule has 0 unspecified atom stereocenters. The average Bonchev–Trinajstić information content (AvgIpc) is 3.28. The number of nitrogens with zero attached hydrogens (tertiary/aromatic N) is 4. The minimum absolute atomic E-state index is 0.0208. The molecule has 2 aromatic rings. The first-order chi connectivity index (χ1) is 12.5. The van der Waals surface area contributed by atoms with Gasteiger partial charge in [0, 0.05) is 6.20 Å². The van der Waals surface area contributed by atoms with Crippen LogP contribution in [0.1, 0.15) is 23.3 Å². The number of amides is 4. The summed E-state index contributed by atoms with van der Waals surface area (Å²) in [4.78, 5) is 40.7. The highest BCUT2D eigenvalue weighted by atomic mass is 19.1. The Kier molecular flexibility index (Phi) is 3.63. The maximum Gasteiger partial charge on any atom is 0.322 e. The fraction of sp³-hybridized carbons (Fsp3) is 0.333. The largest absolute Gasteiger partial charge is 0.348 e. The summed E-state index contributed by atoms with van der Waals surface area (Å²) in [6.45, 7) is -0.0706. The van der Waals surface area contributed by atoms with E-state index in [9.17, 15) is 18.8 Å². The molecule has 0 bridgehead atoms. The van der Waals surface area contributed by atoms with Gasteiger partial charge in [0.05, 0.1) is 12.7 Å². The lowest BCUT2D eigenvalue weighted by atomic mass is 9.93. The molecule has 1 aliphatic heterocycles. The van der Waals surface area contributed by atoms with Crippen LogP contribution in [0.4, 0.5) is 9.18 Å². The van der Waals surface area contributed by atoms with E-state index in [2.05, 4.69) is 31.1 Å². The second-order valence-corrected chi connectivity index (χ2v) is 6.16. The zero-order valence-corrected chi connectivity index (χ0v) is 13.4. The molecular formula is C15H14FN7O3. The van der Waals surface area contributed by atoms with Crippen LogP contribution in [0.2, 0.25) is 0 Å². The summed E-state index contributed by atoms with van der Waals surface area (Å²) in [5.74, 6) is -1.84. The van der Waals surface area contributed by atoms with E-state index in [0.717, 1.165) is 17.6 Å². The van der Waals surface area contributed by atoms with Crippen LogP contribution in [0.3, 0.4) is 0 Å². The predicted molar refractivity (Wildman–Crippen MR) is 83.6 cm³/mol. The average molecular weight is 359 g/mol. The van der Waals surface area contributed by atoms with Crippen molar-refractivity contribution in [2.75, 3.05) is 6.54 Å². The molecule has 1 aliphatic carbocycles. The standard InChI is InChI=1S/C15H14FN7O3/c16-9-2-1-5-17-11(9)23-19-6-10(22-23)12(24)18-7-15(8-3-4-8)13(25)20-14(26)21-15/h1-2,5-6,8H,3-4,7H2,(H,18,24)(H2,20,21,25,26)/t15-/m0/s1. The quantitative estimate of drug-likeness (QED) is 0.618. The van der Waals surface area contributed by atoms with E-state index in [1.807, 2.05) is 0 Å². The Morgan fingerprint density at radius 1 is 1.42 bits per heavy atom. The molecule has 10 nitrogen and oxygen atoms in total. The van der Waals surface area contributed by atoms with Gasteiger partial charge in [0.15, 0.2) is 11.5 Å². The number of nitrogens with one attached hydrogen (secondary N) is 3. The maximum atomic E-state index is 13.7. The highest BCUT2D eigenvalue weighted by Gasteiger charge is 2.56. The van der Waals surface area contributed by atoms with Gasteiger partial charge >= 0.3 is 6.03 Å². The van der Waals surface area contributed by atoms with Gasteiger partial charge in [-0.3, -0.25) is 14.9 Å². The summed E-state index contributed by atoms with van der Waals surface area (Å²) in [5.41, 5.74) is -1.21. The first kappa shape index (κ1) is 16.1. The Morgan fingerprint density at radius 3 is 2.88 bits per heavy atom. The van der Waals surface area contributed by atoms with Gasteiger partial charge in [-0.2, -0.15) is 5.10 Å². The highest BCUT2D eigenvalue weighted by molar-refractivity contribution is 6.08. The second-order valence-electron chi connectivity index (χ2n) is 6.16. The van der Waals surface area contributed by atoms with Crippen molar-refractivity contribution in [1.29, 1.82) is 0 Å². The first-order valence-corrected chi connectivity index (χ1v) is 7.94. The molecule has 4 amide bonds. The van der Waals surface area contributed by atoms with Gasteiger partial charge in [-0.05, 0) is 30.9 Å². The molecule has 2 fully saturated rings. The summed E-state index contributed by atoms with van der Waals surface area (Å²) in [5, 5.41) is 15.1. The SMILES string of the molecule is O=C1NC(=O)[C@](CNC(=O)c2cnn(-c3ncccc3F)n2)(C2CC2)N1. The lowest BCUT2D eigenvalue weighted by Crippen LogP contribution is -2.57. The van der Waals surface area contributed by atoms with Gasteiger partial charge in [0.1, 0.15) is 5.54 Å². The smallest absolute Gasteiger partial charge is 0.322 e. The van der Waals surface area contributed by atoms with Crippen LogP contribution in [0, 0.1) is 11.7 Å². The number of imide groups is 1.